The zero-order valence-corrected chi connectivity index (χ0v) is 8.62. The van der Waals surface area contributed by atoms with Gasteiger partial charge in [0.15, 0.2) is 0 Å². The van der Waals surface area contributed by atoms with Crippen LogP contribution in [-0.4, -0.2) is 35.8 Å². The Morgan fingerprint density at radius 2 is 2.00 bits per heavy atom. The Bertz CT molecular complexity index is 267. The van der Waals surface area contributed by atoms with Gasteiger partial charge in [-0.15, -0.1) is 0 Å². The van der Waals surface area contributed by atoms with Gasteiger partial charge in [-0.1, -0.05) is 0 Å². The molecule has 0 aliphatic carbocycles. The van der Waals surface area contributed by atoms with Crippen LogP contribution in [0.25, 0.3) is 0 Å². The fourth-order valence-corrected chi connectivity index (χ4v) is 1.71. The molecule has 80 valence electrons. The number of nitrogens with zero attached hydrogens (tertiary/aromatic N) is 1. The van der Waals surface area contributed by atoms with Crippen LogP contribution in [0.4, 0.5) is 0 Å². The number of hydrogen-bond acceptors (Lipinski definition) is 3. The summed E-state index contributed by atoms with van der Waals surface area (Å²) in [7, 11) is 0. The summed E-state index contributed by atoms with van der Waals surface area (Å²) in [4.78, 5) is 24.0. The standard InChI is InChI=1S/C9H17N3O2/c1-6(7(10)13)12-4-3-9(2,5-12)8(11)14/h6H,3-5H2,1-2H3,(H2,10,13)(H2,11,14). The van der Waals surface area contributed by atoms with Crippen LogP contribution < -0.4 is 11.5 Å². The zero-order chi connectivity index (χ0) is 10.9. The van der Waals surface area contributed by atoms with Gasteiger partial charge in [-0.05, 0) is 20.3 Å². The average Bonchev–Trinajstić information content (AvgIpc) is 2.48. The van der Waals surface area contributed by atoms with Gasteiger partial charge in [-0.3, -0.25) is 14.5 Å². The smallest absolute Gasteiger partial charge is 0.234 e. The van der Waals surface area contributed by atoms with Gasteiger partial charge in [0.1, 0.15) is 0 Å². The molecule has 4 N–H and O–H groups in total. The van der Waals surface area contributed by atoms with E-state index in [0.29, 0.717) is 19.5 Å². The molecule has 5 nitrogen and oxygen atoms in total. The fraction of sp³-hybridized carbons (Fsp3) is 0.778. The molecule has 5 heteroatoms. The molecule has 0 aromatic heterocycles. The lowest BCUT2D eigenvalue weighted by molar-refractivity contribution is -0.127. The SMILES string of the molecule is CC(C(N)=O)N1CCC(C)(C(N)=O)C1. The Hall–Kier alpha value is -1.10. The first-order valence-corrected chi connectivity index (χ1v) is 4.70. The van der Waals surface area contributed by atoms with Crippen molar-refractivity contribution in [2.75, 3.05) is 13.1 Å². The molecule has 2 atom stereocenters. The van der Waals surface area contributed by atoms with Crippen molar-refractivity contribution in [3.8, 4) is 0 Å². The van der Waals surface area contributed by atoms with Crippen LogP contribution in [0.1, 0.15) is 20.3 Å². The van der Waals surface area contributed by atoms with E-state index in [9.17, 15) is 9.59 Å². The van der Waals surface area contributed by atoms with Crippen molar-refractivity contribution >= 4 is 11.8 Å². The van der Waals surface area contributed by atoms with Crippen LogP contribution in [0.3, 0.4) is 0 Å². The molecule has 1 fully saturated rings. The Morgan fingerprint density at radius 3 is 2.36 bits per heavy atom. The van der Waals surface area contributed by atoms with Crippen molar-refractivity contribution in [3.05, 3.63) is 0 Å². The highest BCUT2D eigenvalue weighted by atomic mass is 16.2. The summed E-state index contributed by atoms with van der Waals surface area (Å²) in [6.45, 7) is 4.79. The van der Waals surface area contributed by atoms with E-state index in [0.717, 1.165) is 0 Å². The monoisotopic (exact) mass is 199 g/mol. The Balaban J connectivity index is 2.65. The minimum Gasteiger partial charge on any atom is -0.369 e. The van der Waals surface area contributed by atoms with E-state index in [4.69, 9.17) is 11.5 Å². The number of hydrogen-bond donors (Lipinski definition) is 2. The van der Waals surface area contributed by atoms with E-state index >= 15 is 0 Å². The Morgan fingerprint density at radius 1 is 1.43 bits per heavy atom. The zero-order valence-electron chi connectivity index (χ0n) is 8.62. The van der Waals surface area contributed by atoms with Gasteiger partial charge in [0, 0.05) is 13.1 Å². The largest absolute Gasteiger partial charge is 0.369 e. The summed E-state index contributed by atoms with van der Waals surface area (Å²) in [5, 5.41) is 0. The van der Waals surface area contributed by atoms with Gasteiger partial charge in [0.05, 0.1) is 11.5 Å². The predicted molar refractivity (Wildman–Crippen MR) is 52.1 cm³/mol. The summed E-state index contributed by atoms with van der Waals surface area (Å²) < 4.78 is 0. The summed E-state index contributed by atoms with van der Waals surface area (Å²) in [6, 6.07) is -0.323. The molecule has 0 saturated carbocycles. The quantitative estimate of drug-likeness (QED) is 0.614. The molecule has 1 aliphatic rings. The van der Waals surface area contributed by atoms with Gasteiger partial charge < -0.3 is 11.5 Å². The number of carbonyl (C=O) groups excluding carboxylic acids is 2. The summed E-state index contributed by atoms with van der Waals surface area (Å²) in [5.74, 6) is -0.671. The maximum Gasteiger partial charge on any atom is 0.234 e. The Labute approximate surface area is 83.4 Å². The first-order valence-electron chi connectivity index (χ1n) is 4.70. The van der Waals surface area contributed by atoms with Gasteiger partial charge >= 0.3 is 0 Å². The highest BCUT2D eigenvalue weighted by Crippen LogP contribution is 2.30. The van der Waals surface area contributed by atoms with Crippen LogP contribution in [0.2, 0.25) is 0 Å². The fourth-order valence-electron chi connectivity index (χ4n) is 1.71. The lowest BCUT2D eigenvalue weighted by atomic mass is 9.89. The summed E-state index contributed by atoms with van der Waals surface area (Å²) >= 11 is 0. The first-order chi connectivity index (χ1) is 6.37. The number of rotatable bonds is 3. The molecule has 1 aliphatic heterocycles. The molecule has 0 bridgehead atoms. The summed E-state index contributed by atoms with van der Waals surface area (Å²) in [5.41, 5.74) is 9.96. The lowest BCUT2D eigenvalue weighted by Crippen LogP contribution is -2.44. The number of carbonyl (C=O) groups is 2. The third-order valence-corrected chi connectivity index (χ3v) is 3.06. The second-order valence-electron chi connectivity index (χ2n) is 4.22. The molecular formula is C9H17N3O2. The molecular weight excluding hydrogens is 182 g/mol. The molecule has 2 unspecified atom stereocenters. The van der Waals surface area contributed by atoms with Crippen LogP contribution in [-0.2, 0) is 9.59 Å². The number of likely N-dealkylation sites (tertiary alicyclic amines) is 1. The average molecular weight is 199 g/mol. The summed E-state index contributed by atoms with van der Waals surface area (Å²) in [6.07, 6.45) is 0.694. The topological polar surface area (TPSA) is 89.4 Å². The molecule has 1 rings (SSSR count). The Kier molecular flexibility index (Phi) is 2.80. The van der Waals surface area contributed by atoms with E-state index in [1.165, 1.54) is 0 Å². The molecule has 0 aromatic carbocycles. The van der Waals surface area contributed by atoms with Gasteiger partial charge in [-0.2, -0.15) is 0 Å². The third-order valence-electron chi connectivity index (χ3n) is 3.06. The minimum absolute atomic E-state index is 0.309. The van der Waals surface area contributed by atoms with E-state index in [2.05, 4.69) is 0 Å². The highest BCUT2D eigenvalue weighted by Gasteiger charge is 2.41. The first kappa shape index (κ1) is 11.0. The van der Waals surface area contributed by atoms with E-state index in [1.54, 1.807) is 6.92 Å². The van der Waals surface area contributed by atoms with Crippen molar-refractivity contribution in [3.63, 3.8) is 0 Å². The maximum atomic E-state index is 11.1. The third kappa shape index (κ3) is 1.87. The molecule has 2 amide bonds. The van der Waals surface area contributed by atoms with Crippen molar-refractivity contribution in [1.29, 1.82) is 0 Å². The van der Waals surface area contributed by atoms with Crippen LogP contribution in [0, 0.1) is 5.41 Å². The minimum atomic E-state index is -0.510. The van der Waals surface area contributed by atoms with Crippen molar-refractivity contribution < 1.29 is 9.59 Å². The van der Waals surface area contributed by atoms with Gasteiger partial charge in [-0.25, -0.2) is 0 Å². The molecule has 14 heavy (non-hydrogen) atoms. The van der Waals surface area contributed by atoms with Crippen LogP contribution >= 0.6 is 0 Å². The van der Waals surface area contributed by atoms with E-state index in [-0.39, 0.29) is 17.9 Å². The number of primary amides is 2. The molecule has 0 aromatic rings. The molecule has 0 radical (unpaired) electrons. The number of nitrogens with two attached hydrogens (primary N) is 2. The lowest BCUT2D eigenvalue weighted by Gasteiger charge is -2.24. The number of amides is 2. The van der Waals surface area contributed by atoms with Gasteiger partial charge in [0.25, 0.3) is 0 Å². The maximum absolute atomic E-state index is 11.1. The van der Waals surface area contributed by atoms with Crippen LogP contribution in [0.15, 0.2) is 0 Å². The second-order valence-corrected chi connectivity index (χ2v) is 4.22. The normalized spacial score (nSPS) is 30.1. The van der Waals surface area contributed by atoms with E-state index in [1.807, 2.05) is 11.8 Å². The second kappa shape index (κ2) is 3.57. The predicted octanol–water partition coefficient (Wildman–Crippen LogP) is -0.942. The molecule has 1 heterocycles. The molecule has 0 spiro atoms. The van der Waals surface area contributed by atoms with Crippen LogP contribution in [0.5, 0.6) is 0 Å². The van der Waals surface area contributed by atoms with Gasteiger partial charge in [0.2, 0.25) is 11.8 Å². The van der Waals surface area contributed by atoms with Crippen molar-refractivity contribution in [1.82, 2.24) is 4.90 Å². The highest BCUT2D eigenvalue weighted by molar-refractivity contribution is 5.82. The van der Waals surface area contributed by atoms with E-state index < -0.39 is 5.41 Å². The van der Waals surface area contributed by atoms with Crippen molar-refractivity contribution in [2.45, 2.75) is 26.3 Å². The molecule has 1 saturated heterocycles. The van der Waals surface area contributed by atoms with Crippen molar-refractivity contribution in [2.24, 2.45) is 16.9 Å².